The summed E-state index contributed by atoms with van der Waals surface area (Å²) in [7, 11) is 1.61. The highest BCUT2D eigenvalue weighted by Gasteiger charge is 2.27. The highest BCUT2D eigenvalue weighted by atomic mass is 35.5. The second-order valence-electron chi connectivity index (χ2n) is 6.95. The van der Waals surface area contributed by atoms with Crippen LogP contribution in [0.4, 0.5) is 0 Å². The normalized spacial score (nSPS) is 11.7. The molecule has 156 valence electrons. The summed E-state index contributed by atoms with van der Waals surface area (Å²) < 4.78 is 0. The van der Waals surface area contributed by atoms with E-state index in [2.05, 4.69) is 5.32 Å². The van der Waals surface area contributed by atoms with Crippen molar-refractivity contribution in [3.8, 4) is 0 Å². The number of carbonyl (C=O) groups excluding carboxylic acids is 2. The molecule has 2 aromatic rings. The first-order valence-corrected chi connectivity index (χ1v) is 11.3. The van der Waals surface area contributed by atoms with E-state index >= 15 is 0 Å². The van der Waals surface area contributed by atoms with Crippen molar-refractivity contribution < 1.29 is 9.59 Å². The first-order valence-electron chi connectivity index (χ1n) is 9.89. The van der Waals surface area contributed by atoms with Gasteiger partial charge in [0.1, 0.15) is 6.04 Å². The average Bonchev–Trinajstić information content (AvgIpc) is 2.73. The van der Waals surface area contributed by atoms with Crippen LogP contribution in [0.2, 0.25) is 5.02 Å². The molecule has 0 bridgehead atoms. The molecule has 0 saturated carbocycles. The molecule has 0 unspecified atom stereocenters. The molecule has 4 nitrogen and oxygen atoms in total. The second-order valence-corrected chi connectivity index (χ2v) is 8.56. The highest BCUT2D eigenvalue weighted by Crippen LogP contribution is 2.22. The Morgan fingerprint density at radius 2 is 1.76 bits per heavy atom. The molecule has 29 heavy (non-hydrogen) atoms. The smallest absolute Gasteiger partial charge is 0.242 e. The lowest BCUT2D eigenvalue weighted by molar-refractivity contribution is -0.141. The van der Waals surface area contributed by atoms with Crippen LogP contribution in [0.5, 0.6) is 0 Å². The Morgan fingerprint density at radius 1 is 1.10 bits per heavy atom. The summed E-state index contributed by atoms with van der Waals surface area (Å²) in [6, 6.07) is 15.3. The van der Waals surface area contributed by atoms with Crippen LogP contribution in [0.25, 0.3) is 0 Å². The van der Waals surface area contributed by atoms with E-state index in [1.165, 1.54) is 5.56 Å². The predicted molar refractivity (Wildman–Crippen MR) is 121 cm³/mol. The SMILES string of the molecule is CC[C@@H](C(=O)NC)N(Cc1ccc(C)cc1)C(=O)CCCSc1ccc(Cl)cc1. The van der Waals surface area contributed by atoms with Crippen LogP contribution in [0.1, 0.15) is 37.3 Å². The third kappa shape index (κ3) is 7.41. The number of amides is 2. The van der Waals surface area contributed by atoms with Gasteiger partial charge in [-0.1, -0.05) is 48.4 Å². The summed E-state index contributed by atoms with van der Waals surface area (Å²) in [5, 5.41) is 3.41. The van der Waals surface area contributed by atoms with Crippen molar-refractivity contribution in [2.75, 3.05) is 12.8 Å². The van der Waals surface area contributed by atoms with Gasteiger partial charge in [-0.15, -0.1) is 11.8 Å². The molecular formula is C23H29ClN2O2S. The van der Waals surface area contributed by atoms with Crippen LogP contribution in [-0.4, -0.2) is 35.6 Å². The monoisotopic (exact) mass is 432 g/mol. The van der Waals surface area contributed by atoms with Gasteiger partial charge < -0.3 is 10.2 Å². The number of carbonyl (C=O) groups is 2. The van der Waals surface area contributed by atoms with Gasteiger partial charge in [0.2, 0.25) is 11.8 Å². The van der Waals surface area contributed by atoms with Gasteiger partial charge >= 0.3 is 0 Å². The van der Waals surface area contributed by atoms with Crippen LogP contribution in [0.3, 0.4) is 0 Å². The Kier molecular flexibility index (Phi) is 9.55. The van der Waals surface area contributed by atoms with E-state index in [4.69, 9.17) is 11.6 Å². The molecule has 0 aliphatic rings. The second kappa shape index (κ2) is 11.9. The maximum Gasteiger partial charge on any atom is 0.242 e. The number of benzene rings is 2. The Hall–Kier alpha value is -1.98. The number of nitrogens with one attached hydrogen (secondary N) is 1. The van der Waals surface area contributed by atoms with E-state index in [1.54, 1.807) is 23.7 Å². The van der Waals surface area contributed by atoms with Crippen molar-refractivity contribution in [3.63, 3.8) is 0 Å². The fourth-order valence-electron chi connectivity index (χ4n) is 3.06. The van der Waals surface area contributed by atoms with Crippen LogP contribution >= 0.6 is 23.4 Å². The molecule has 6 heteroatoms. The van der Waals surface area contributed by atoms with Gasteiger partial charge in [-0.05, 0) is 55.3 Å². The standard InChI is InChI=1S/C23H29ClN2O2S/c1-4-21(23(28)25-3)26(16-18-9-7-17(2)8-10-18)22(27)6-5-15-29-20-13-11-19(24)12-14-20/h7-14,21H,4-6,15-16H2,1-3H3,(H,25,28)/t21-/m0/s1. The van der Waals surface area contributed by atoms with Crippen molar-refractivity contribution in [2.24, 2.45) is 0 Å². The summed E-state index contributed by atoms with van der Waals surface area (Å²) in [5.74, 6) is 0.726. The van der Waals surface area contributed by atoms with Crippen molar-refractivity contribution in [1.82, 2.24) is 10.2 Å². The Labute approximate surface area is 183 Å². The number of rotatable bonds is 10. The molecule has 0 fully saturated rings. The molecule has 1 N–H and O–H groups in total. The number of likely N-dealkylation sites (N-methyl/N-ethyl adjacent to an activating group) is 1. The lowest BCUT2D eigenvalue weighted by atomic mass is 10.1. The molecule has 0 saturated heterocycles. The van der Waals surface area contributed by atoms with E-state index in [-0.39, 0.29) is 11.8 Å². The molecule has 2 rings (SSSR count). The van der Waals surface area contributed by atoms with E-state index in [9.17, 15) is 9.59 Å². The van der Waals surface area contributed by atoms with Gasteiger partial charge in [-0.2, -0.15) is 0 Å². The average molecular weight is 433 g/mol. The number of hydrogen-bond donors (Lipinski definition) is 1. The largest absolute Gasteiger partial charge is 0.357 e. The summed E-state index contributed by atoms with van der Waals surface area (Å²) in [4.78, 5) is 28.2. The van der Waals surface area contributed by atoms with E-state index in [0.29, 0.717) is 19.4 Å². The summed E-state index contributed by atoms with van der Waals surface area (Å²) in [6.45, 7) is 4.41. The number of halogens is 1. The first kappa shape index (κ1) is 23.3. The maximum atomic E-state index is 13.0. The van der Waals surface area contributed by atoms with Crippen molar-refractivity contribution in [1.29, 1.82) is 0 Å². The molecule has 0 aliphatic heterocycles. The highest BCUT2D eigenvalue weighted by molar-refractivity contribution is 7.99. The quantitative estimate of drug-likeness (QED) is 0.421. The maximum absolute atomic E-state index is 13.0. The third-order valence-electron chi connectivity index (χ3n) is 4.72. The fraction of sp³-hybridized carbons (Fsp3) is 0.391. The summed E-state index contributed by atoms with van der Waals surface area (Å²) >= 11 is 7.62. The summed E-state index contributed by atoms with van der Waals surface area (Å²) in [5.41, 5.74) is 2.20. The van der Waals surface area contributed by atoms with Crippen molar-refractivity contribution in [2.45, 2.75) is 50.6 Å². The van der Waals surface area contributed by atoms with Crippen LogP contribution in [-0.2, 0) is 16.1 Å². The molecule has 0 heterocycles. The number of thioether (sulfide) groups is 1. The topological polar surface area (TPSA) is 49.4 Å². The van der Waals surface area contributed by atoms with Gasteiger partial charge in [0.15, 0.2) is 0 Å². The minimum Gasteiger partial charge on any atom is -0.357 e. The zero-order chi connectivity index (χ0) is 21.2. The van der Waals surface area contributed by atoms with Crippen LogP contribution in [0, 0.1) is 6.92 Å². The Balaban J connectivity index is 1.99. The number of nitrogens with zero attached hydrogens (tertiary/aromatic N) is 1. The van der Waals surface area contributed by atoms with Crippen LogP contribution in [0.15, 0.2) is 53.4 Å². The van der Waals surface area contributed by atoms with Crippen LogP contribution < -0.4 is 5.32 Å². The molecule has 2 aromatic carbocycles. The molecular weight excluding hydrogens is 404 g/mol. The molecule has 0 aliphatic carbocycles. The molecule has 1 atom stereocenters. The van der Waals surface area contributed by atoms with Gasteiger partial charge in [0.25, 0.3) is 0 Å². The zero-order valence-electron chi connectivity index (χ0n) is 17.3. The van der Waals surface area contributed by atoms with Gasteiger partial charge in [0.05, 0.1) is 0 Å². The lowest BCUT2D eigenvalue weighted by Gasteiger charge is -2.30. The molecule has 0 radical (unpaired) electrons. The first-order chi connectivity index (χ1) is 13.9. The Bertz CT molecular complexity index is 794. The number of hydrogen-bond acceptors (Lipinski definition) is 3. The van der Waals surface area contributed by atoms with E-state index < -0.39 is 6.04 Å². The van der Waals surface area contributed by atoms with Crippen molar-refractivity contribution >= 4 is 35.2 Å². The summed E-state index contributed by atoms with van der Waals surface area (Å²) in [6.07, 6.45) is 1.75. The van der Waals surface area contributed by atoms with Gasteiger partial charge in [-0.3, -0.25) is 9.59 Å². The molecule has 0 aromatic heterocycles. The third-order valence-corrected chi connectivity index (χ3v) is 6.07. The van der Waals surface area contributed by atoms with E-state index in [1.807, 2.05) is 62.4 Å². The minimum absolute atomic E-state index is 0.0118. The number of aryl methyl sites for hydroxylation is 1. The van der Waals surface area contributed by atoms with E-state index in [0.717, 1.165) is 27.7 Å². The molecule has 0 spiro atoms. The minimum atomic E-state index is -0.460. The molecule has 2 amide bonds. The van der Waals surface area contributed by atoms with Crippen molar-refractivity contribution in [3.05, 3.63) is 64.7 Å². The lowest BCUT2D eigenvalue weighted by Crippen LogP contribution is -2.48. The van der Waals surface area contributed by atoms with Gasteiger partial charge in [-0.25, -0.2) is 0 Å². The van der Waals surface area contributed by atoms with Gasteiger partial charge in [0, 0.05) is 29.9 Å². The fourth-order valence-corrected chi connectivity index (χ4v) is 4.04. The zero-order valence-corrected chi connectivity index (χ0v) is 18.9. The Morgan fingerprint density at radius 3 is 2.34 bits per heavy atom. The predicted octanol–water partition coefficient (Wildman–Crippen LogP) is 5.07.